The summed E-state index contributed by atoms with van der Waals surface area (Å²) in [5, 5.41) is 0. The van der Waals surface area contributed by atoms with E-state index < -0.39 is 0 Å². The average molecular weight is 390 g/mol. The van der Waals surface area contributed by atoms with Gasteiger partial charge in [0.05, 0.1) is 12.8 Å². The summed E-state index contributed by atoms with van der Waals surface area (Å²) in [6.07, 6.45) is 1.67. The molecule has 0 radical (unpaired) electrons. The number of nitrogens with zero attached hydrogens (tertiary/aromatic N) is 5. The first-order valence-corrected chi connectivity index (χ1v) is 10.1. The molecule has 0 spiro atoms. The molecule has 0 unspecified atom stereocenters. The number of methoxy groups -OCH3 is 1. The van der Waals surface area contributed by atoms with Crippen molar-refractivity contribution < 1.29 is 4.74 Å². The zero-order chi connectivity index (χ0) is 20.1. The van der Waals surface area contributed by atoms with E-state index >= 15 is 0 Å². The van der Waals surface area contributed by atoms with Crippen LogP contribution in [-0.2, 0) is 0 Å². The third kappa shape index (κ3) is 4.11. The molecule has 1 saturated heterocycles. The predicted octanol–water partition coefficient (Wildman–Crippen LogP) is 3.97. The lowest BCUT2D eigenvalue weighted by molar-refractivity contribution is 0.413. The fourth-order valence-corrected chi connectivity index (χ4v) is 3.81. The second-order valence-corrected chi connectivity index (χ2v) is 6.96. The van der Waals surface area contributed by atoms with Gasteiger partial charge in [-0.3, -0.25) is 0 Å². The molecule has 0 N–H and O–H groups in total. The summed E-state index contributed by atoms with van der Waals surface area (Å²) >= 11 is 0. The number of piperazine rings is 1. The maximum atomic E-state index is 5.53. The number of hydrogen-bond donors (Lipinski definition) is 0. The Hall–Kier alpha value is -3.28. The Morgan fingerprint density at radius 1 is 0.897 bits per heavy atom. The molecular weight excluding hydrogens is 362 g/mol. The fraction of sp³-hybridized carbons (Fsp3) is 0.304. The maximum Gasteiger partial charge on any atom is 0.142 e. The van der Waals surface area contributed by atoms with Gasteiger partial charge in [-0.05, 0) is 31.2 Å². The topological polar surface area (TPSA) is 44.7 Å². The van der Waals surface area contributed by atoms with Gasteiger partial charge in [0.2, 0.25) is 0 Å². The summed E-state index contributed by atoms with van der Waals surface area (Å²) in [7, 11) is 1.73. The van der Waals surface area contributed by atoms with E-state index in [2.05, 4.69) is 74.1 Å². The van der Waals surface area contributed by atoms with Gasteiger partial charge in [0.25, 0.3) is 0 Å². The lowest BCUT2D eigenvalue weighted by atomic mass is 10.2. The summed E-state index contributed by atoms with van der Waals surface area (Å²) in [6, 6.07) is 20.6. The number of benzene rings is 2. The molecule has 29 heavy (non-hydrogen) atoms. The first kappa shape index (κ1) is 19.1. The highest BCUT2D eigenvalue weighted by molar-refractivity contribution is 5.63. The Morgan fingerprint density at radius 3 is 2.31 bits per heavy atom. The summed E-state index contributed by atoms with van der Waals surface area (Å²) in [4.78, 5) is 16.0. The van der Waals surface area contributed by atoms with E-state index in [4.69, 9.17) is 4.74 Å². The normalized spacial score (nSPS) is 14.0. The Balaban J connectivity index is 1.49. The first-order chi connectivity index (χ1) is 14.3. The van der Waals surface area contributed by atoms with Crippen LogP contribution < -0.4 is 19.4 Å². The molecule has 6 nitrogen and oxygen atoms in total. The molecule has 1 aliphatic heterocycles. The average Bonchev–Trinajstić information content (AvgIpc) is 2.80. The molecule has 2 aromatic carbocycles. The van der Waals surface area contributed by atoms with Crippen molar-refractivity contribution >= 4 is 23.0 Å². The lowest BCUT2D eigenvalue weighted by Crippen LogP contribution is -2.47. The van der Waals surface area contributed by atoms with Gasteiger partial charge in [-0.15, -0.1) is 0 Å². The number of aromatic nitrogens is 2. The molecule has 0 atom stereocenters. The van der Waals surface area contributed by atoms with E-state index in [1.54, 1.807) is 13.4 Å². The zero-order valence-corrected chi connectivity index (χ0v) is 17.0. The van der Waals surface area contributed by atoms with Crippen LogP contribution >= 0.6 is 0 Å². The van der Waals surface area contributed by atoms with Crippen LogP contribution in [0.2, 0.25) is 0 Å². The van der Waals surface area contributed by atoms with Gasteiger partial charge in [-0.2, -0.15) is 0 Å². The molecule has 1 aliphatic rings. The summed E-state index contributed by atoms with van der Waals surface area (Å²) < 4.78 is 5.53. The minimum atomic E-state index is 0.849. The molecule has 6 heteroatoms. The van der Waals surface area contributed by atoms with Crippen LogP contribution in [0.25, 0.3) is 0 Å². The molecule has 0 saturated carbocycles. The number of hydrogen-bond acceptors (Lipinski definition) is 6. The van der Waals surface area contributed by atoms with Gasteiger partial charge in [0.15, 0.2) is 0 Å². The van der Waals surface area contributed by atoms with E-state index in [0.717, 1.165) is 61.5 Å². The Bertz CT molecular complexity index is 925. The van der Waals surface area contributed by atoms with Crippen molar-refractivity contribution in [1.29, 1.82) is 0 Å². The molecule has 0 amide bonds. The standard InChI is InChI=1S/C23H27N5O/c1-3-28(19-9-5-4-6-10-19)23-17-22(24-18-25-23)27-15-13-26(14-16-27)20-11-7-8-12-21(20)29-2/h4-12,17-18H,3,13-16H2,1-2H3. The molecule has 1 aromatic heterocycles. The van der Waals surface area contributed by atoms with Gasteiger partial charge in [-0.25, -0.2) is 9.97 Å². The van der Waals surface area contributed by atoms with Crippen molar-refractivity contribution in [2.45, 2.75) is 6.92 Å². The van der Waals surface area contributed by atoms with E-state index in [0.29, 0.717) is 0 Å². The third-order valence-corrected chi connectivity index (χ3v) is 5.33. The van der Waals surface area contributed by atoms with E-state index in [9.17, 15) is 0 Å². The van der Waals surface area contributed by atoms with E-state index in [-0.39, 0.29) is 0 Å². The van der Waals surface area contributed by atoms with Crippen molar-refractivity contribution in [3.05, 3.63) is 67.0 Å². The highest BCUT2D eigenvalue weighted by Gasteiger charge is 2.21. The summed E-state index contributed by atoms with van der Waals surface area (Å²) in [5.41, 5.74) is 2.29. The molecule has 1 fully saturated rings. The molecular formula is C23H27N5O. The predicted molar refractivity (Wildman–Crippen MR) is 119 cm³/mol. The van der Waals surface area contributed by atoms with Crippen LogP contribution in [0, 0.1) is 0 Å². The van der Waals surface area contributed by atoms with Crippen LogP contribution in [-0.4, -0.2) is 49.8 Å². The molecule has 4 rings (SSSR count). The third-order valence-electron chi connectivity index (χ3n) is 5.33. The van der Waals surface area contributed by atoms with Gasteiger partial charge in [0, 0.05) is 44.5 Å². The number of ether oxygens (including phenoxy) is 1. The maximum absolute atomic E-state index is 5.53. The zero-order valence-electron chi connectivity index (χ0n) is 17.0. The van der Waals surface area contributed by atoms with E-state index in [1.807, 2.05) is 18.2 Å². The monoisotopic (exact) mass is 389 g/mol. The van der Waals surface area contributed by atoms with Gasteiger partial charge < -0.3 is 19.4 Å². The molecule has 0 aliphatic carbocycles. The fourth-order valence-electron chi connectivity index (χ4n) is 3.81. The molecule has 0 bridgehead atoms. The summed E-state index contributed by atoms with van der Waals surface area (Å²) in [6.45, 7) is 6.66. The van der Waals surface area contributed by atoms with Crippen LogP contribution in [0.5, 0.6) is 5.75 Å². The Morgan fingerprint density at radius 2 is 1.59 bits per heavy atom. The number of para-hydroxylation sites is 3. The second-order valence-electron chi connectivity index (χ2n) is 6.96. The number of anilines is 4. The lowest BCUT2D eigenvalue weighted by Gasteiger charge is -2.37. The van der Waals surface area contributed by atoms with Crippen LogP contribution in [0.4, 0.5) is 23.0 Å². The quantitative estimate of drug-likeness (QED) is 0.636. The smallest absolute Gasteiger partial charge is 0.142 e. The highest BCUT2D eigenvalue weighted by Crippen LogP contribution is 2.30. The Labute approximate surface area is 172 Å². The van der Waals surface area contributed by atoms with Crippen LogP contribution in [0.1, 0.15) is 6.92 Å². The van der Waals surface area contributed by atoms with Crippen molar-refractivity contribution in [3.63, 3.8) is 0 Å². The van der Waals surface area contributed by atoms with Crippen molar-refractivity contribution in [2.75, 3.05) is 54.5 Å². The van der Waals surface area contributed by atoms with Gasteiger partial charge >= 0.3 is 0 Å². The largest absolute Gasteiger partial charge is 0.495 e. The number of rotatable bonds is 6. The second kappa shape index (κ2) is 8.82. The molecule has 2 heterocycles. The van der Waals surface area contributed by atoms with Crippen molar-refractivity contribution in [1.82, 2.24) is 9.97 Å². The van der Waals surface area contributed by atoms with Crippen LogP contribution in [0.3, 0.4) is 0 Å². The summed E-state index contributed by atoms with van der Waals surface area (Å²) in [5.74, 6) is 2.83. The SMILES string of the molecule is CCN(c1ccccc1)c1cc(N2CCN(c3ccccc3OC)CC2)ncn1. The van der Waals surface area contributed by atoms with Gasteiger partial charge in [0.1, 0.15) is 23.7 Å². The van der Waals surface area contributed by atoms with Gasteiger partial charge in [-0.1, -0.05) is 30.3 Å². The Kier molecular flexibility index (Phi) is 5.79. The van der Waals surface area contributed by atoms with Crippen LogP contribution in [0.15, 0.2) is 67.0 Å². The minimum absolute atomic E-state index is 0.849. The minimum Gasteiger partial charge on any atom is -0.495 e. The highest BCUT2D eigenvalue weighted by atomic mass is 16.5. The molecule has 3 aromatic rings. The first-order valence-electron chi connectivity index (χ1n) is 10.1. The van der Waals surface area contributed by atoms with Crippen molar-refractivity contribution in [3.8, 4) is 5.75 Å². The van der Waals surface area contributed by atoms with E-state index in [1.165, 1.54) is 0 Å². The molecule has 150 valence electrons. The van der Waals surface area contributed by atoms with Crippen molar-refractivity contribution in [2.24, 2.45) is 0 Å².